The van der Waals surface area contributed by atoms with E-state index in [1.165, 1.54) is 43.8 Å². The lowest BCUT2D eigenvalue weighted by molar-refractivity contribution is 0.670. The van der Waals surface area contributed by atoms with Crippen LogP contribution in [-0.2, 0) is 0 Å². The highest BCUT2D eigenvalue weighted by atomic mass is 16.3. The molecule has 2 heteroatoms. The number of hydrogen-bond acceptors (Lipinski definition) is 2. The Labute approximate surface area is 302 Å². The number of furan rings is 1. The third-order valence-corrected chi connectivity index (χ3v) is 10.3. The molecule has 0 bridgehead atoms. The average molecular weight is 664 g/mol. The van der Waals surface area contributed by atoms with Crippen LogP contribution in [0.25, 0.3) is 76.9 Å². The quantitative estimate of drug-likeness (QED) is 0.176. The van der Waals surface area contributed by atoms with Crippen molar-refractivity contribution in [3.63, 3.8) is 0 Å². The van der Waals surface area contributed by atoms with Gasteiger partial charge in [0.2, 0.25) is 0 Å². The fourth-order valence-corrected chi connectivity index (χ4v) is 7.72. The molecule has 1 heterocycles. The van der Waals surface area contributed by atoms with Gasteiger partial charge < -0.3 is 9.32 Å². The Kier molecular flexibility index (Phi) is 7.18. The molecule has 10 aromatic rings. The third-order valence-electron chi connectivity index (χ3n) is 10.3. The van der Waals surface area contributed by atoms with E-state index >= 15 is 0 Å². The Balaban J connectivity index is 1.11. The molecular weight excluding hydrogens is 631 g/mol. The van der Waals surface area contributed by atoms with Gasteiger partial charge in [0, 0.05) is 33.3 Å². The molecule has 0 atom stereocenters. The molecule has 1 aromatic heterocycles. The number of benzene rings is 9. The topological polar surface area (TPSA) is 16.4 Å². The predicted octanol–water partition coefficient (Wildman–Crippen LogP) is 14.4. The Morgan fingerprint density at radius 3 is 1.71 bits per heavy atom. The van der Waals surface area contributed by atoms with Gasteiger partial charge in [-0.25, -0.2) is 0 Å². The summed E-state index contributed by atoms with van der Waals surface area (Å²) in [6.07, 6.45) is 0. The van der Waals surface area contributed by atoms with E-state index in [1.54, 1.807) is 0 Å². The maximum Gasteiger partial charge on any atom is 0.143 e. The Morgan fingerprint density at radius 1 is 0.327 bits per heavy atom. The summed E-state index contributed by atoms with van der Waals surface area (Å²) in [5.74, 6) is 0. The minimum Gasteiger partial charge on any atom is -0.455 e. The second-order valence-electron chi connectivity index (χ2n) is 13.3. The number of nitrogens with zero attached hydrogens (tertiary/aromatic N) is 1. The summed E-state index contributed by atoms with van der Waals surface area (Å²) >= 11 is 0. The van der Waals surface area contributed by atoms with Gasteiger partial charge in [0.1, 0.15) is 11.2 Å². The van der Waals surface area contributed by atoms with Crippen molar-refractivity contribution in [3.05, 3.63) is 200 Å². The van der Waals surface area contributed by atoms with Crippen LogP contribution in [0.2, 0.25) is 0 Å². The largest absolute Gasteiger partial charge is 0.455 e. The van der Waals surface area contributed by atoms with Gasteiger partial charge in [0.05, 0.1) is 5.69 Å². The highest BCUT2D eigenvalue weighted by Gasteiger charge is 2.19. The monoisotopic (exact) mass is 663 g/mol. The van der Waals surface area contributed by atoms with Crippen LogP contribution in [-0.4, -0.2) is 0 Å². The fourth-order valence-electron chi connectivity index (χ4n) is 7.72. The van der Waals surface area contributed by atoms with E-state index in [0.29, 0.717) is 0 Å². The second kappa shape index (κ2) is 12.5. The number of hydrogen-bond donors (Lipinski definition) is 0. The molecule has 52 heavy (non-hydrogen) atoms. The smallest absolute Gasteiger partial charge is 0.143 e. The van der Waals surface area contributed by atoms with Crippen molar-refractivity contribution in [1.82, 2.24) is 0 Å². The van der Waals surface area contributed by atoms with Gasteiger partial charge in [-0.1, -0.05) is 158 Å². The van der Waals surface area contributed by atoms with Crippen LogP contribution < -0.4 is 4.90 Å². The fraction of sp³-hybridized carbons (Fsp3) is 0. The molecule has 0 spiro atoms. The van der Waals surface area contributed by atoms with Crippen LogP contribution in [0.15, 0.2) is 205 Å². The van der Waals surface area contributed by atoms with Crippen molar-refractivity contribution in [2.24, 2.45) is 0 Å². The Hall–Kier alpha value is -6.90. The third kappa shape index (κ3) is 5.12. The Morgan fingerprint density at radius 2 is 0.885 bits per heavy atom. The lowest BCUT2D eigenvalue weighted by Crippen LogP contribution is -2.11. The van der Waals surface area contributed by atoms with Crippen LogP contribution in [0.3, 0.4) is 0 Å². The van der Waals surface area contributed by atoms with Crippen LogP contribution in [0.5, 0.6) is 0 Å². The molecule has 0 aliphatic carbocycles. The summed E-state index contributed by atoms with van der Waals surface area (Å²) in [5, 5.41) is 7.23. The summed E-state index contributed by atoms with van der Waals surface area (Å²) < 4.78 is 6.42. The van der Waals surface area contributed by atoms with Crippen LogP contribution in [0.1, 0.15) is 0 Å². The molecule has 0 amide bonds. The van der Waals surface area contributed by atoms with E-state index in [-0.39, 0.29) is 0 Å². The number of para-hydroxylation sites is 3. The molecule has 0 N–H and O–H groups in total. The Bertz CT molecular complexity index is 2890. The van der Waals surface area contributed by atoms with Crippen LogP contribution >= 0.6 is 0 Å². The molecule has 0 unspecified atom stereocenters. The molecule has 0 saturated carbocycles. The highest BCUT2D eigenvalue weighted by Crippen LogP contribution is 2.44. The molecule has 244 valence electrons. The summed E-state index contributed by atoms with van der Waals surface area (Å²) in [7, 11) is 0. The van der Waals surface area contributed by atoms with Gasteiger partial charge in [-0.15, -0.1) is 0 Å². The highest BCUT2D eigenvalue weighted by molar-refractivity contribution is 6.09. The van der Waals surface area contributed by atoms with E-state index in [0.717, 1.165) is 50.1 Å². The number of rotatable bonds is 6. The van der Waals surface area contributed by atoms with Gasteiger partial charge in [-0.2, -0.15) is 0 Å². The molecule has 0 saturated heterocycles. The molecular formula is C50H33NO. The maximum atomic E-state index is 6.42. The molecule has 2 nitrogen and oxygen atoms in total. The van der Waals surface area contributed by atoms with Crippen LogP contribution in [0, 0.1) is 0 Å². The summed E-state index contributed by atoms with van der Waals surface area (Å²) in [6, 6.07) is 71.7. The summed E-state index contributed by atoms with van der Waals surface area (Å²) in [4.78, 5) is 2.38. The van der Waals surface area contributed by atoms with E-state index in [2.05, 4.69) is 193 Å². The van der Waals surface area contributed by atoms with Gasteiger partial charge in [0.15, 0.2) is 0 Å². The minimum absolute atomic E-state index is 0.907. The minimum atomic E-state index is 0.907. The van der Waals surface area contributed by atoms with Gasteiger partial charge >= 0.3 is 0 Å². The normalized spacial score (nSPS) is 11.5. The zero-order chi connectivity index (χ0) is 34.4. The van der Waals surface area contributed by atoms with Crippen molar-refractivity contribution < 1.29 is 4.42 Å². The van der Waals surface area contributed by atoms with Crippen molar-refractivity contribution in [3.8, 4) is 33.4 Å². The first-order valence-electron chi connectivity index (χ1n) is 17.8. The van der Waals surface area contributed by atoms with E-state index in [4.69, 9.17) is 4.42 Å². The number of anilines is 3. The first-order valence-corrected chi connectivity index (χ1v) is 17.8. The predicted molar refractivity (Wildman–Crippen MR) is 220 cm³/mol. The zero-order valence-corrected chi connectivity index (χ0v) is 28.4. The zero-order valence-electron chi connectivity index (χ0n) is 28.4. The van der Waals surface area contributed by atoms with Crippen molar-refractivity contribution >= 4 is 60.5 Å². The number of fused-ring (bicyclic) bond motifs is 5. The lowest BCUT2D eigenvalue weighted by Gasteiger charge is -2.28. The standard InChI is InChI=1S/C50H33NO/c1-2-13-38-33-39(24-23-34(38)11-1)35-25-29-40(30-26-35)51(48-21-7-5-16-45(48)44-19-9-14-36-12-3-4-15-42(36)44)41-31-27-37(28-32-41)43-18-10-20-47-46-17-6-8-22-49(46)52-50(43)47/h1-33H. The van der Waals surface area contributed by atoms with Gasteiger partial charge in [0.25, 0.3) is 0 Å². The van der Waals surface area contributed by atoms with Crippen molar-refractivity contribution in [1.29, 1.82) is 0 Å². The van der Waals surface area contributed by atoms with Gasteiger partial charge in [-0.05, 0) is 86.3 Å². The van der Waals surface area contributed by atoms with Crippen molar-refractivity contribution in [2.45, 2.75) is 0 Å². The summed E-state index contributed by atoms with van der Waals surface area (Å²) in [5.41, 5.74) is 12.1. The molecule has 0 aliphatic heterocycles. The SMILES string of the molecule is c1ccc(N(c2ccc(-c3ccc4ccccc4c3)cc2)c2ccc(-c3cccc4c3oc3ccccc34)cc2)c(-c2cccc3ccccc23)c1. The molecule has 9 aromatic carbocycles. The molecule has 10 rings (SSSR count). The van der Waals surface area contributed by atoms with E-state index < -0.39 is 0 Å². The molecule has 0 aliphatic rings. The van der Waals surface area contributed by atoms with Crippen LogP contribution in [0.4, 0.5) is 17.1 Å². The molecule has 0 radical (unpaired) electrons. The van der Waals surface area contributed by atoms with E-state index in [1.807, 2.05) is 12.1 Å². The van der Waals surface area contributed by atoms with Gasteiger partial charge in [-0.3, -0.25) is 0 Å². The maximum absolute atomic E-state index is 6.42. The first-order chi connectivity index (χ1) is 25.8. The first kappa shape index (κ1) is 30.0. The van der Waals surface area contributed by atoms with E-state index in [9.17, 15) is 0 Å². The lowest BCUT2D eigenvalue weighted by atomic mass is 9.95. The summed E-state index contributed by atoms with van der Waals surface area (Å²) in [6.45, 7) is 0. The van der Waals surface area contributed by atoms with Crippen molar-refractivity contribution in [2.75, 3.05) is 4.90 Å². The second-order valence-corrected chi connectivity index (χ2v) is 13.3. The average Bonchev–Trinajstić information content (AvgIpc) is 3.60. The molecule has 0 fully saturated rings.